The Balaban J connectivity index is 1.45. The number of anilines is 1. The lowest BCUT2D eigenvalue weighted by atomic mass is 10.0. The van der Waals surface area contributed by atoms with Crippen molar-refractivity contribution in [3.8, 4) is 23.0 Å². The van der Waals surface area contributed by atoms with E-state index in [-0.39, 0.29) is 11.7 Å². The van der Waals surface area contributed by atoms with Crippen molar-refractivity contribution in [2.75, 3.05) is 39.5 Å². The van der Waals surface area contributed by atoms with Crippen molar-refractivity contribution in [2.24, 2.45) is 0 Å². The highest BCUT2D eigenvalue weighted by Gasteiger charge is 2.17. The van der Waals surface area contributed by atoms with Crippen LogP contribution in [-0.2, 0) is 11.2 Å². The van der Waals surface area contributed by atoms with Crippen LogP contribution in [0.2, 0.25) is 0 Å². The summed E-state index contributed by atoms with van der Waals surface area (Å²) in [6.07, 6.45) is 3.95. The quantitative estimate of drug-likeness (QED) is 0.206. The van der Waals surface area contributed by atoms with Crippen LogP contribution in [-0.4, -0.2) is 50.1 Å². The van der Waals surface area contributed by atoms with Crippen molar-refractivity contribution in [2.45, 2.75) is 11.4 Å². The van der Waals surface area contributed by atoms with E-state index in [4.69, 9.17) is 18.9 Å². The molecule has 0 bridgehead atoms. The van der Waals surface area contributed by atoms with Crippen LogP contribution in [0.15, 0.2) is 78.1 Å². The van der Waals surface area contributed by atoms with Gasteiger partial charge in [0.2, 0.25) is 5.91 Å². The number of pyridine rings is 2. The van der Waals surface area contributed by atoms with E-state index in [0.29, 0.717) is 35.1 Å². The number of amides is 1. The van der Waals surface area contributed by atoms with E-state index in [0.717, 1.165) is 37.8 Å². The summed E-state index contributed by atoms with van der Waals surface area (Å²) in [4.78, 5) is 22.3. The summed E-state index contributed by atoms with van der Waals surface area (Å²) in [5.41, 5.74) is 2.26. The number of hydrogen-bond donors (Lipinski definition) is 1. The maximum Gasteiger partial charge on any atom is 0.234 e. The van der Waals surface area contributed by atoms with Crippen LogP contribution in [0.1, 0.15) is 11.3 Å². The van der Waals surface area contributed by atoms with Crippen molar-refractivity contribution in [3.05, 3.63) is 84.3 Å². The first kappa shape index (κ1) is 27.1. The largest absolute Gasteiger partial charge is 0.493 e. The summed E-state index contributed by atoms with van der Waals surface area (Å²) < 4.78 is 22.1. The molecular formula is C31H29N3O5S. The normalized spacial score (nSPS) is 10.9. The Bertz CT molecular complexity index is 1690. The van der Waals surface area contributed by atoms with Gasteiger partial charge in [0.15, 0.2) is 23.0 Å². The molecule has 0 aliphatic rings. The second-order valence-electron chi connectivity index (χ2n) is 8.90. The molecule has 5 aromatic rings. The zero-order chi connectivity index (χ0) is 28.1. The second-order valence-corrected chi connectivity index (χ2v) is 9.87. The number of benzene rings is 3. The van der Waals surface area contributed by atoms with Crippen molar-refractivity contribution in [1.82, 2.24) is 9.97 Å². The summed E-state index contributed by atoms with van der Waals surface area (Å²) in [7, 11) is 6.37. The van der Waals surface area contributed by atoms with Crippen LogP contribution in [0.4, 0.5) is 5.69 Å². The fourth-order valence-electron chi connectivity index (χ4n) is 4.59. The topological polar surface area (TPSA) is 91.8 Å². The Labute approximate surface area is 236 Å². The van der Waals surface area contributed by atoms with Crippen LogP contribution >= 0.6 is 11.8 Å². The van der Waals surface area contributed by atoms with E-state index in [1.165, 1.54) is 11.8 Å². The van der Waals surface area contributed by atoms with Gasteiger partial charge >= 0.3 is 0 Å². The number of rotatable bonds is 10. The summed E-state index contributed by atoms with van der Waals surface area (Å²) in [6, 6.07) is 19.4. The SMILES string of the molecule is COc1cc(Cc2nccc3cc(OC)c(OC)cc23)c(NC(=O)CSc2nccc3ccccc23)cc1OC. The number of carbonyl (C=O) groups is 1. The molecule has 0 aliphatic carbocycles. The zero-order valence-electron chi connectivity index (χ0n) is 22.7. The molecule has 204 valence electrons. The van der Waals surface area contributed by atoms with Gasteiger partial charge in [-0.3, -0.25) is 9.78 Å². The zero-order valence-corrected chi connectivity index (χ0v) is 23.5. The highest BCUT2D eigenvalue weighted by Crippen LogP contribution is 2.37. The van der Waals surface area contributed by atoms with Gasteiger partial charge in [-0.2, -0.15) is 0 Å². The molecule has 0 atom stereocenters. The summed E-state index contributed by atoms with van der Waals surface area (Å²) in [6.45, 7) is 0. The van der Waals surface area contributed by atoms with Gasteiger partial charge in [-0.15, -0.1) is 0 Å². The molecule has 1 N–H and O–H groups in total. The smallest absolute Gasteiger partial charge is 0.234 e. The number of nitrogens with zero attached hydrogens (tertiary/aromatic N) is 2. The van der Waals surface area contributed by atoms with Gasteiger partial charge in [0.05, 0.1) is 39.9 Å². The monoisotopic (exact) mass is 555 g/mol. The Morgan fingerprint density at radius 2 is 1.40 bits per heavy atom. The van der Waals surface area contributed by atoms with Crippen molar-refractivity contribution >= 4 is 44.9 Å². The van der Waals surface area contributed by atoms with E-state index in [1.54, 1.807) is 46.9 Å². The van der Waals surface area contributed by atoms with Gasteiger partial charge in [0, 0.05) is 41.3 Å². The molecule has 3 aromatic carbocycles. The molecule has 5 rings (SSSR count). The van der Waals surface area contributed by atoms with Crippen molar-refractivity contribution in [1.29, 1.82) is 0 Å². The summed E-state index contributed by atoms with van der Waals surface area (Å²) in [5, 5.41) is 7.87. The molecule has 40 heavy (non-hydrogen) atoms. The highest BCUT2D eigenvalue weighted by molar-refractivity contribution is 8.00. The molecule has 0 unspecified atom stereocenters. The van der Waals surface area contributed by atoms with Crippen LogP contribution in [0.3, 0.4) is 0 Å². The molecule has 0 saturated heterocycles. The van der Waals surface area contributed by atoms with E-state index in [2.05, 4.69) is 15.3 Å². The number of hydrogen-bond acceptors (Lipinski definition) is 8. The number of fused-ring (bicyclic) bond motifs is 2. The molecule has 8 nitrogen and oxygen atoms in total. The van der Waals surface area contributed by atoms with Crippen LogP contribution in [0.5, 0.6) is 23.0 Å². The summed E-state index contributed by atoms with van der Waals surface area (Å²) in [5.74, 6) is 2.36. The van der Waals surface area contributed by atoms with Gasteiger partial charge in [-0.05, 0) is 46.7 Å². The molecule has 0 radical (unpaired) electrons. The molecule has 2 aromatic heterocycles. The summed E-state index contributed by atoms with van der Waals surface area (Å²) >= 11 is 1.40. The fraction of sp³-hybridized carbons (Fsp3) is 0.194. The van der Waals surface area contributed by atoms with E-state index < -0.39 is 0 Å². The predicted octanol–water partition coefficient (Wildman–Crippen LogP) is 6.14. The van der Waals surface area contributed by atoms with Gasteiger partial charge in [-0.25, -0.2) is 4.98 Å². The minimum atomic E-state index is -0.162. The lowest BCUT2D eigenvalue weighted by molar-refractivity contribution is -0.113. The molecule has 2 heterocycles. The Kier molecular flexibility index (Phi) is 8.21. The van der Waals surface area contributed by atoms with E-state index >= 15 is 0 Å². The van der Waals surface area contributed by atoms with Crippen LogP contribution < -0.4 is 24.3 Å². The minimum absolute atomic E-state index is 0.162. The Morgan fingerprint density at radius 1 is 0.750 bits per heavy atom. The number of carbonyl (C=O) groups excluding carboxylic acids is 1. The van der Waals surface area contributed by atoms with Crippen LogP contribution in [0.25, 0.3) is 21.5 Å². The lowest BCUT2D eigenvalue weighted by Gasteiger charge is -2.17. The molecule has 0 aliphatic heterocycles. The van der Waals surface area contributed by atoms with Gasteiger partial charge in [0.25, 0.3) is 0 Å². The number of aromatic nitrogens is 2. The van der Waals surface area contributed by atoms with E-state index in [9.17, 15) is 4.79 Å². The molecule has 0 saturated carbocycles. The Hall–Kier alpha value is -4.50. The van der Waals surface area contributed by atoms with E-state index in [1.807, 2.05) is 54.6 Å². The molecular weight excluding hydrogens is 526 g/mol. The van der Waals surface area contributed by atoms with Gasteiger partial charge < -0.3 is 24.3 Å². The van der Waals surface area contributed by atoms with Crippen LogP contribution in [0, 0.1) is 0 Å². The fourth-order valence-corrected chi connectivity index (χ4v) is 5.41. The molecule has 9 heteroatoms. The molecule has 0 spiro atoms. The lowest BCUT2D eigenvalue weighted by Crippen LogP contribution is -2.16. The number of methoxy groups -OCH3 is 4. The number of nitrogens with one attached hydrogen (secondary N) is 1. The Morgan fingerprint density at radius 3 is 2.17 bits per heavy atom. The van der Waals surface area contributed by atoms with Crippen molar-refractivity contribution < 1.29 is 23.7 Å². The predicted molar refractivity (Wildman–Crippen MR) is 158 cm³/mol. The average Bonchev–Trinajstić information content (AvgIpc) is 2.99. The first-order valence-electron chi connectivity index (χ1n) is 12.6. The first-order chi connectivity index (χ1) is 19.5. The first-order valence-corrected chi connectivity index (χ1v) is 13.5. The number of ether oxygens (including phenoxy) is 4. The second kappa shape index (κ2) is 12.1. The maximum atomic E-state index is 13.2. The molecule has 0 fully saturated rings. The molecule has 1 amide bonds. The third-order valence-electron chi connectivity index (χ3n) is 6.57. The maximum absolute atomic E-state index is 13.2. The third kappa shape index (κ3) is 5.60. The minimum Gasteiger partial charge on any atom is -0.493 e. The third-order valence-corrected chi connectivity index (χ3v) is 7.57. The standard InChI is InChI=1S/C31H29N3O5S/c1-36-26-14-20-10-11-32-25(23(20)16-28(26)38-3)13-21-15-27(37-2)29(39-4)17-24(21)34-30(35)18-40-31-22-8-6-5-7-19(22)9-12-33-31/h5-12,14-17H,13,18H2,1-4H3,(H,34,35). The number of thioether (sulfide) groups is 1. The van der Waals surface area contributed by atoms with Crippen molar-refractivity contribution in [3.63, 3.8) is 0 Å². The average molecular weight is 556 g/mol. The van der Waals surface area contributed by atoms with Gasteiger partial charge in [0.1, 0.15) is 5.03 Å². The van der Waals surface area contributed by atoms with Gasteiger partial charge in [-0.1, -0.05) is 36.0 Å². The highest BCUT2D eigenvalue weighted by atomic mass is 32.2.